The molecule has 1 fully saturated rings. The summed E-state index contributed by atoms with van der Waals surface area (Å²) in [5.74, 6) is -0.356. The van der Waals surface area contributed by atoms with Crippen LogP contribution in [0.5, 0.6) is 0 Å². The number of nitrogens with one attached hydrogen (secondary N) is 1. The molecule has 1 saturated heterocycles. The van der Waals surface area contributed by atoms with Gasteiger partial charge in [-0.25, -0.2) is 13.2 Å². The van der Waals surface area contributed by atoms with Crippen molar-refractivity contribution in [2.45, 2.75) is 25.7 Å². The molecule has 0 saturated carbocycles. The van der Waals surface area contributed by atoms with Crippen molar-refractivity contribution in [1.82, 2.24) is 14.2 Å². The van der Waals surface area contributed by atoms with E-state index in [1.54, 1.807) is 29.0 Å². The van der Waals surface area contributed by atoms with Crippen LogP contribution >= 0.6 is 8.37 Å². The first-order valence-electron chi connectivity index (χ1n) is 9.17. The lowest BCUT2D eigenvalue weighted by molar-refractivity contribution is -0.121. The Morgan fingerprint density at radius 1 is 1.04 bits per heavy atom. The third kappa shape index (κ3) is 4.05. The van der Waals surface area contributed by atoms with Gasteiger partial charge in [-0.1, -0.05) is 49.7 Å². The number of carbonyl (C=O) groups excluding carboxylic acids is 1. The fourth-order valence-electron chi connectivity index (χ4n) is 2.98. The second-order valence-electron chi connectivity index (χ2n) is 6.39. The van der Waals surface area contributed by atoms with Crippen LogP contribution in [0.15, 0.2) is 59.5 Å². The van der Waals surface area contributed by atoms with Gasteiger partial charge in [0.15, 0.2) is 8.37 Å². The van der Waals surface area contributed by atoms with Crippen LogP contribution in [0.25, 0.3) is 0 Å². The number of anilines is 1. The SMILES string of the molecule is CCN(CC)P1N(c2ccccc2)NC(=O)CN1S(=O)(=O)c1ccc(C)cc1. The molecule has 2 aromatic rings. The van der Waals surface area contributed by atoms with Gasteiger partial charge >= 0.3 is 0 Å². The molecule has 3 rings (SSSR count). The van der Waals surface area contributed by atoms with E-state index in [1.807, 2.05) is 51.1 Å². The highest BCUT2D eigenvalue weighted by Gasteiger charge is 2.44. The maximum Gasteiger partial charge on any atom is 0.254 e. The minimum absolute atomic E-state index is 0.195. The van der Waals surface area contributed by atoms with E-state index in [0.717, 1.165) is 11.3 Å². The molecule has 9 heteroatoms. The number of sulfonamides is 1. The van der Waals surface area contributed by atoms with Gasteiger partial charge in [0.25, 0.3) is 5.91 Å². The van der Waals surface area contributed by atoms with Gasteiger partial charge in [0.05, 0.1) is 10.6 Å². The Morgan fingerprint density at radius 2 is 1.64 bits per heavy atom. The van der Waals surface area contributed by atoms with Crippen LogP contribution in [-0.2, 0) is 14.8 Å². The number of hydrogen-bond acceptors (Lipinski definition) is 5. The Kier molecular flexibility index (Phi) is 6.35. The van der Waals surface area contributed by atoms with Gasteiger partial charge in [-0.2, -0.15) is 0 Å². The fraction of sp³-hybridized carbons (Fsp3) is 0.316. The molecular weight excluding hydrogens is 395 g/mol. The van der Waals surface area contributed by atoms with E-state index in [4.69, 9.17) is 0 Å². The fourth-order valence-corrected chi connectivity index (χ4v) is 7.61. The smallest absolute Gasteiger partial charge is 0.254 e. The zero-order chi connectivity index (χ0) is 20.3. The van der Waals surface area contributed by atoms with Crippen molar-refractivity contribution in [3.63, 3.8) is 0 Å². The summed E-state index contributed by atoms with van der Waals surface area (Å²) in [6.07, 6.45) is 0. The lowest BCUT2D eigenvalue weighted by Crippen LogP contribution is -2.56. The number of hydrogen-bond donors (Lipinski definition) is 1. The highest BCUT2D eigenvalue weighted by molar-refractivity contribution is 7.94. The van der Waals surface area contributed by atoms with Crippen molar-refractivity contribution in [2.75, 3.05) is 24.4 Å². The van der Waals surface area contributed by atoms with Gasteiger partial charge < -0.3 is 0 Å². The topological polar surface area (TPSA) is 73.0 Å². The monoisotopic (exact) mass is 420 g/mol. The number of benzene rings is 2. The lowest BCUT2D eigenvalue weighted by atomic mass is 10.2. The van der Waals surface area contributed by atoms with E-state index in [2.05, 4.69) is 10.1 Å². The average molecular weight is 420 g/mol. The van der Waals surface area contributed by atoms with E-state index in [1.165, 1.54) is 4.08 Å². The Bertz CT molecular complexity index is 918. The Labute approximate surface area is 167 Å². The zero-order valence-corrected chi connectivity index (χ0v) is 18.0. The molecule has 0 aromatic heterocycles. The predicted molar refractivity (Wildman–Crippen MR) is 112 cm³/mol. The predicted octanol–water partition coefficient (Wildman–Crippen LogP) is 3.11. The summed E-state index contributed by atoms with van der Waals surface area (Å²) in [7, 11) is -5.35. The van der Waals surface area contributed by atoms with Crippen LogP contribution in [-0.4, -0.2) is 42.7 Å². The third-order valence-corrected chi connectivity index (χ3v) is 9.40. The van der Waals surface area contributed by atoms with Crippen molar-refractivity contribution in [2.24, 2.45) is 0 Å². The van der Waals surface area contributed by atoms with Crippen molar-refractivity contribution >= 4 is 30.0 Å². The number of carbonyl (C=O) groups is 1. The second-order valence-corrected chi connectivity index (χ2v) is 10.5. The summed E-state index contributed by atoms with van der Waals surface area (Å²) >= 11 is 0. The van der Waals surface area contributed by atoms with E-state index in [0.29, 0.717) is 13.1 Å². The molecular formula is C19H25N4O3PS. The molecule has 0 bridgehead atoms. The van der Waals surface area contributed by atoms with Crippen molar-refractivity contribution < 1.29 is 13.2 Å². The number of amides is 1. The average Bonchev–Trinajstić information content (AvgIpc) is 2.70. The Morgan fingerprint density at radius 3 is 2.21 bits per heavy atom. The molecule has 0 aliphatic carbocycles. The maximum absolute atomic E-state index is 13.5. The van der Waals surface area contributed by atoms with Crippen LogP contribution in [0.3, 0.4) is 0 Å². The summed E-state index contributed by atoms with van der Waals surface area (Å²) in [6.45, 7) is 6.99. The van der Waals surface area contributed by atoms with Gasteiger partial charge in [-0.05, 0) is 31.2 Å². The minimum atomic E-state index is -3.85. The Balaban J connectivity index is 2.10. The number of nitrogens with zero attached hydrogens (tertiary/aromatic N) is 3. The lowest BCUT2D eigenvalue weighted by Gasteiger charge is -2.46. The van der Waals surface area contributed by atoms with Gasteiger partial charge in [0.2, 0.25) is 10.0 Å². The number of rotatable bonds is 6. The summed E-state index contributed by atoms with van der Waals surface area (Å²) in [6, 6.07) is 16.1. The van der Waals surface area contributed by atoms with Crippen molar-refractivity contribution in [3.05, 3.63) is 60.2 Å². The molecule has 28 heavy (non-hydrogen) atoms. The quantitative estimate of drug-likeness (QED) is 0.727. The van der Waals surface area contributed by atoms with E-state index < -0.39 is 18.4 Å². The summed E-state index contributed by atoms with van der Waals surface area (Å²) in [5.41, 5.74) is 4.60. The largest absolute Gasteiger partial charge is 0.272 e. The maximum atomic E-state index is 13.5. The second kappa shape index (κ2) is 8.57. The van der Waals surface area contributed by atoms with E-state index in [-0.39, 0.29) is 17.3 Å². The summed E-state index contributed by atoms with van der Waals surface area (Å²) < 4.78 is 32.0. The van der Waals surface area contributed by atoms with Gasteiger partial charge in [-0.15, -0.1) is 4.08 Å². The van der Waals surface area contributed by atoms with Crippen LogP contribution < -0.4 is 10.2 Å². The summed E-state index contributed by atoms with van der Waals surface area (Å²) in [5, 5.41) is 0. The van der Waals surface area contributed by atoms with Crippen molar-refractivity contribution in [3.8, 4) is 0 Å². The van der Waals surface area contributed by atoms with E-state index in [9.17, 15) is 13.2 Å². The summed E-state index contributed by atoms with van der Waals surface area (Å²) in [4.78, 5) is 12.7. The highest BCUT2D eigenvalue weighted by atomic mass is 32.2. The highest BCUT2D eigenvalue weighted by Crippen LogP contribution is 2.52. The molecule has 2 aromatic carbocycles. The van der Waals surface area contributed by atoms with Gasteiger partial charge in [0.1, 0.15) is 6.54 Å². The normalized spacial score (nSPS) is 18.4. The van der Waals surface area contributed by atoms with E-state index >= 15 is 0 Å². The molecule has 1 atom stereocenters. The molecule has 1 aliphatic heterocycles. The van der Waals surface area contributed by atoms with Crippen LogP contribution in [0.4, 0.5) is 5.69 Å². The zero-order valence-electron chi connectivity index (χ0n) is 16.2. The van der Waals surface area contributed by atoms with Gasteiger partial charge in [-0.3, -0.25) is 14.9 Å². The molecule has 7 nitrogen and oxygen atoms in total. The molecule has 1 N–H and O–H groups in total. The minimum Gasteiger partial charge on any atom is -0.272 e. The molecule has 1 aliphatic rings. The first-order valence-corrected chi connectivity index (χ1v) is 11.8. The van der Waals surface area contributed by atoms with Crippen LogP contribution in [0.1, 0.15) is 19.4 Å². The number of aryl methyl sites for hydroxylation is 1. The Hall–Kier alpha value is -1.99. The molecule has 0 spiro atoms. The molecule has 1 amide bonds. The third-order valence-electron chi connectivity index (χ3n) is 4.47. The first kappa shape index (κ1) is 20.7. The number of hydrazine groups is 1. The van der Waals surface area contributed by atoms with Crippen molar-refractivity contribution in [1.29, 1.82) is 0 Å². The molecule has 1 unspecified atom stereocenters. The van der Waals surface area contributed by atoms with Crippen LogP contribution in [0, 0.1) is 6.92 Å². The molecule has 150 valence electrons. The standard InChI is InChI=1S/C19H25N4O3PS/c1-4-21(5-2)27-22(28(25,26)18-13-11-16(3)12-14-18)15-19(24)20-23(27)17-9-7-6-8-10-17/h6-14H,4-5,15H2,1-3H3,(H,20,24). The van der Waals surface area contributed by atoms with Gasteiger partial charge in [0, 0.05) is 13.1 Å². The first-order chi connectivity index (χ1) is 13.4. The van der Waals surface area contributed by atoms with Crippen LogP contribution in [0.2, 0.25) is 0 Å². The molecule has 1 heterocycles. The number of para-hydroxylation sites is 1. The molecule has 0 radical (unpaired) electrons.